The molecular weight excluding hydrogens is 282 g/mol. The summed E-state index contributed by atoms with van der Waals surface area (Å²) in [6.45, 7) is 3.62. The van der Waals surface area contributed by atoms with Crippen LogP contribution in [-0.4, -0.2) is 50.3 Å². The Balaban J connectivity index is 3.52. The second-order valence-electron chi connectivity index (χ2n) is 3.72. The number of methoxy groups -OCH3 is 2. The Morgan fingerprint density at radius 2 is 1.48 bits per heavy atom. The van der Waals surface area contributed by atoms with Crippen molar-refractivity contribution in [1.29, 1.82) is 0 Å². The Hall–Kier alpha value is -2.51. The molecule has 0 saturated heterocycles. The molecule has 0 amide bonds. The molecule has 0 spiro atoms. The van der Waals surface area contributed by atoms with Gasteiger partial charge in [0.2, 0.25) is 5.88 Å². The van der Waals surface area contributed by atoms with Crippen molar-refractivity contribution >= 4 is 17.9 Å². The van der Waals surface area contributed by atoms with E-state index in [1.165, 1.54) is 0 Å². The van der Waals surface area contributed by atoms with Crippen LogP contribution in [0.3, 0.4) is 0 Å². The number of esters is 3. The fourth-order valence-electron chi connectivity index (χ4n) is 1.69. The fourth-order valence-corrected chi connectivity index (χ4v) is 1.69. The number of carbonyl (C=O) groups excluding carboxylic acids is 3. The molecule has 8 nitrogen and oxygen atoms in total. The molecular formula is C13H17NO7. The zero-order valence-electron chi connectivity index (χ0n) is 12.3. The van der Waals surface area contributed by atoms with Gasteiger partial charge in [0, 0.05) is 0 Å². The van der Waals surface area contributed by atoms with E-state index in [9.17, 15) is 14.4 Å². The maximum atomic E-state index is 11.9. The highest BCUT2D eigenvalue weighted by atomic mass is 16.5. The Labute approximate surface area is 121 Å². The highest BCUT2D eigenvalue weighted by molar-refractivity contribution is 6.11. The Kier molecular flexibility index (Phi) is 5.77. The van der Waals surface area contributed by atoms with E-state index >= 15 is 0 Å². The molecule has 1 aromatic heterocycles. The topological polar surface area (TPSA) is 104 Å². The van der Waals surface area contributed by atoms with E-state index < -0.39 is 17.9 Å². The summed E-state index contributed by atoms with van der Waals surface area (Å²) in [5.41, 5.74) is -0.687. The molecule has 0 aliphatic heterocycles. The van der Waals surface area contributed by atoms with Gasteiger partial charge in [0.1, 0.15) is 16.8 Å². The summed E-state index contributed by atoms with van der Waals surface area (Å²) in [4.78, 5) is 38.2. The molecule has 1 rings (SSSR count). The average molecular weight is 299 g/mol. The molecule has 0 bridgehead atoms. The van der Waals surface area contributed by atoms with Crippen LogP contribution < -0.4 is 4.74 Å². The lowest BCUT2D eigenvalue weighted by molar-refractivity contribution is 0.0496. The molecule has 21 heavy (non-hydrogen) atoms. The number of hydrogen-bond donors (Lipinski definition) is 1. The van der Waals surface area contributed by atoms with Gasteiger partial charge in [0.15, 0.2) is 0 Å². The number of rotatable bonds is 6. The third kappa shape index (κ3) is 3.33. The monoisotopic (exact) mass is 299 g/mol. The number of hydrogen-bond acceptors (Lipinski definition) is 7. The summed E-state index contributed by atoms with van der Waals surface area (Å²) < 4.78 is 19.3. The number of nitrogens with one attached hydrogen (secondary N) is 1. The summed E-state index contributed by atoms with van der Waals surface area (Å²) >= 11 is 0. The van der Waals surface area contributed by atoms with Crippen LogP contribution in [0.15, 0.2) is 0 Å². The van der Waals surface area contributed by atoms with Gasteiger partial charge >= 0.3 is 17.9 Å². The fraction of sp³-hybridized carbons (Fsp3) is 0.462. The molecule has 0 saturated carbocycles. The van der Waals surface area contributed by atoms with E-state index in [-0.39, 0.29) is 35.9 Å². The van der Waals surface area contributed by atoms with Crippen molar-refractivity contribution in [3.8, 4) is 5.88 Å². The molecule has 0 unspecified atom stereocenters. The van der Waals surface area contributed by atoms with Gasteiger partial charge in [-0.15, -0.1) is 0 Å². The van der Waals surface area contributed by atoms with E-state index in [1.54, 1.807) is 13.8 Å². The van der Waals surface area contributed by atoms with Crippen molar-refractivity contribution in [3.63, 3.8) is 0 Å². The van der Waals surface area contributed by atoms with Gasteiger partial charge in [-0.05, 0) is 13.8 Å². The number of ether oxygens (including phenoxy) is 4. The maximum absolute atomic E-state index is 11.9. The van der Waals surface area contributed by atoms with Gasteiger partial charge in [-0.1, -0.05) is 0 Å². The molecule has 8 heteroatoms. The standard InChI is InChI=1S/C13H17NO7/c1-5-20-10-8(12(16)19-4)7(11(15)18-3)9(14-10)13(17)21-6-2/h14H,5-6H2,1-4H3. The summed E-state index contributed by atoms with van der Waals surface area (Å²) in [6, 6.07) is 0. The van der Waals surface area contributed by atoms with E-state index in [1.807, 2.05) is 0 Å². The first-order valence-corrected chi connectivity index (χ1v) is 6.24. The van der Waals surface area contributed by atoms with E-state index in [2.05, 4.69) is 14.5 Å². The van der Waals surface area contributed by atoms with Gasteiger partial charge in [0.25, 0.3) is 0 Å². The van der Waals surface area contributed by atoms with Crippen LogP contribution in [0.5, 0.6) is 5.88 Å². The SMILES string of the molecule is CCOC(=O)c1[nH]c(OCC)c(C(=O)OC)c1C(=O)OC. The number of H-pyrrole nitrogens is 1. The van der Waals surface area contributed by atoms with Crippen LogP contribution in [-0.2, 0) is 14.2 Å². The van der Waals surface area contributed by atoms with E-state index in [0.29, 0.717) is 0 Å². The number of carbonyl (C=O) groups is 3. The highest BCUT2D eigenvalue weighted by Crippen LogP contribution is 2.28. The number of aromatic amines is 1. The lowest BCUT2D eigenvalue weighted by atomic mass is 10.1. The second kappa shape index (κ2) is 7.32. The van der Waals surface area contributed by atoms with Crippen LogP contribution in [0.2, 0.25) is 0 Å². The Morgan fingerprint density at radius 3 is 1.95 bits per heavy atom. The smallest absolute Gasteiger partial charge is 0.355 e. The van der Waals surface area contributed by atoms with Gasteiger partial charge in [-0.3, -0.25) is 0 Å². The van der Waals surface area contributed by atoms with E-state index in [0.717, 1.165) is 14.2 Å². The first-order valence-electron chi connectivity index (χ1n) is 6.24. The van der Waals surface area contributed by atoms with Crippen molar-refractivity contribution in [2.24, 2.45) is 0 Å². The third-order valence-electron chi connectivity index (χ3n) is 2.51. The highest BCUT2D eigenvalue weighted by Gasteiger charge is 2.33. The normalized spacial score (nSPS) is 9.90. The summed E-state index contributed by atoms with van der Waals surface area (Å²) in [7, 11) is 2.28. The lowest BCUT2D eigenvalue weighted by Crippen LogP contribution is -2.15. The van der Waals surface area contributed by atoms with Crippen LogP contribution in [0.25, 0.3) is 0 Å². The van der Waals surface area contributed by atoms with Gasteiger partial charge in [0.05, 0.1) is 27.4 Å². The van der Waals surface area contributed by atoms with Crippen LogP contribution in [0.1, 0.15) is 45.1 Å². The minimum atomic E-state index is -0.874. The molecule has 0 aliphatic rings. The maximum Gasteiger partial charge on any atom is 0.355 e. The van der Waals surface area contributed by atoms with E-state index in [4.69, 9.17) is 9.47 Å². The van der Waals surface area contributed by atoms with Crippen molar-refractivity contribution in [1.82, 2.24) is 4.98 Å². The first-order chi connectivity index (χ1) is 10.0. The molecule has 1 N–H and O–H groups in total. The minimum absolute atomic E-state index is 0.0483. The van der Waals surface area contributed by atoms with Crippen LogP contribution in [0, 0.1) is 0 Å². The van der Waals surface area contributed by atoms with Crippen LogP contribution >= 0.6 is 0 Å². The van der Waals surface area contributed by atoms with Crippen molar-refractivity contribution in [2.75, 3.05) is 27.4 Å². The summed E-state index contributed by atoms with van der Waals surface area (Å²) in [5, 5.41) is 0. The summed E-state index contributed by atoms with van der Waals surface area (Å²) in [6.07, 6.45) is 0. The minimum Gasteiger partial charge on any atom is -0.479 e. The van der Waals surface area contributed by atoms with Gasteiger partial charge < -0.3 is 23.9 Å². The molecule has 0 atom stereocenters. The second-order valence-corrected chi connectivity index (χ2v) is 3.72. The average Bonchev–Trinajstić information content (AvgIpc) is 2.85. The predicted octanol–water partition coefficient (Wildman–Crippen LogP) is 1.16. The molecule has 0 radical (unpaired) electrons. The zero-order valence-corrected chi connectivity index (χ0v) is 12.3. The zero-order chi connectivity index (χ0) is 16.0. The number of aromatic nitrogens is 1. The third-order valence-corrected chi connectivity index (χ3v) is 2.51. The molecule has 116 valence electrons. The molecule has 1 heterocycles. The van der Waals surface area contributed by atoms with Gasteiger partial charge in [-0.25, -0.2) is 14.4 Å². The Morgan fingerprint density at radius 1 is 0.905 bits per heavy atom. The first kappa shape index (κ1) is 16.5. The summed E-state index contributed by atoms with van der Waals surface area (Å²) in [5.74, 6) is -2.55. The lowest BCUT2D eigenvalue weighted by Gasteiger charge is -2.05. The van der Waals surface area contributed by atoms with Crippen molar-refractivity contribution < 1.29 is 33.3 Å². The van der Waals surface area contributed by atoms with Crippen molar-refractivity contribution in [2.45, 2.75) is 13.8 Å². The van der Waals surface area contributed by atoms with Crippen LogP contribution in [0.4, 0.5) is 0 Å². The molecule has 1 aromatic rings. The Bertz CT molecular complexity index is 547. The van der Waals surface area contributed by atoms with Crippen molar-refractivity contribution in [3.05, 3.63) is 16.8 Å². The largest absolute Gasteiger partial charge is 0.479 e. The molecule has 0 aliphatic carbocycles. The molecule has 0 aromatic carbocycles. The molecule has 0 fully saturated rings. The predicted molar refractivity (Wildman–Crippen MR) is 70.6 cm³/mol. The van der Waals surface area contributed by atoms with Gasteiger partial charge in [-0.2, -0.15) is 0 Å². The quantitative estimate of drug-likeness (QED) is 0.621.